The van der Waals surface area contributed by atoms with Crippen LogP contribution in [0.5, 0.6) is 5.75 Å². The Morgan fingerprint density at radius 1 is 1.73 bits per heavy atom. The smallest absolute Gasteiger partial charge is 0.143 e. The third-order valence-electron chi connectivity index (χ3n) is 2.65. The molecular formula is C10H12BrClN2O. The van der Waals surface area contributed by atoms with Crippen LogP contribution in [-0.2, 0) is 0 Å². The van der Waals surface area contributed by atoms with E-state index in [1.54, 1.807) is 6.20 Å². The van der Waals surface area contributed by atoms with Gasteiger partial charge in [-0.2, -0.15) is 0 Å². The lowest BCUT2D eigenvalue weighted by Crippen LogP contribution is -2.48. The van der Waals surface area contributed by atoms with Crippen molar-refractivity contribution >= 4 is 27.5 Å². The molecule has 1 saturated heterocycles. The summed E-state index contributed by atoms with van der Waals surface area (Å²) in [6, 6.07) is 2.38. The van der Waals surface area contributed by atoms with Crippen LogP contribution in [0.15, 0.2) is 16.7 Å². The zero-order valence-corrected chi connectivity index (χ0v) is 10.8. The number of aromatic nitrogens is 1. The number of hydrogen-bond donors (Lipinski definition) is 0. The highest BCUT2D eigenvalue weighted by atomic mass is 79.9. The van der Waals surface area contributed by atoms with Crippen LogP contribution in [0.1, 0.15) is 6.42 Å². The maximum Gasteiger partial charge on any atom is 0.143 e. The van der Waals surface area contributed by atoms with Gasteiger partial charge < -0.3 is 4.74 Å². The minimum absolute atomic E-state index is 0.461. The Balaban J connectivity index is 1.90. The second-order valence-corrected chi connectivity index (χ2v) is 4.89. The van der Waals surface area contributed by atoms with Crippen LogP contribution in [0.25, 0.3) is 0 Å². The molecular weight excluding hydrogens is 279 g/mol. The third kappa shape index (κ3) is 2.62. The molecule has 1 atom stereocenters. The normalized spacial score (nSPS) is 21.1. The summed E-state index contributed by atoms with van der Waals surface area (Å²) in [5, 5.41) is 0.461. The number of ether oxygens (including phenoxy) is 1. The zero-order valence-electron chi connectivity index (χ0n) is 8.41. The maximum absolute atomic E-state index is 5.78. The van der Waals surface area contributed by atoms with Gasteiger partial charge in [0.15, 0.2) is 0 Å². The van der Waals surface area contributed by atoms with Gasteiger partial charge in [0.1, 0.15) is 17.5 Å². The van der Waals surface area contributed by atoms with E-state index in [9.17, 15) is 0 Å². The Labute approximate surface area is 103 Å². The first-order valence-corrected chi connectivity index (χ1v) is 5.98. The van der Waals surface area contributed by atoms with Crippen molar-refractivity contribution in [3.05, 3.63) is 21.9 Å². The van der Waals surface area contributed by atoms with E-state index in [-0.39, 0.29) is 0 Å². The quantitative estimate of drug-likeness (QED) is 0.801. The molecule has 3 nitrogen and oxygen atoms in total. The Hall–Kier alpha value is -0.320. The molecule has 2 heterocycles. The van der Waals surface area contributed by atoms with Gasteiger partial charge in [-0.1, -0.05) is 11.6 Å². The number of likely N-dealkylation sites (N-methyl/N-ethyl adjacent to an activating group) is 1. The molecule has 0 unspecified atom stereocenters. The van der Waals surface area contributed by atoms with Crippen LogP contribution in [0.3, 0.4) is 0 Å². The van der Waals surface area contributed by atoms with Gasteiger partial charge in [0, 0.05) is 6.04 Å². The first-order chi connectivity index (χ1) is 7.16. The molecule has 0 radical (unpaired) electrons. The van der Waals surface area contributed by atoms with E-state index >= 15 is 0 Å². The first kappa shape index (κ1) is 11.2. The fraction of sp³-hybridized carbons (Fsp3) is 0.500. The summed E-state index contributed by atoms with van der Waals surface area (Å²) in [4.78, 5) is 6.28. The number of hydrogen-bond acceptors (Lipinski definition) is 3. The van der Waals surface area contributed by atoms with Crippen LogP contribution in [0.4, 0.5) is 0 Å². The van der Waals surface area contributed by atoms with Crippen LogP contribution in [0, 0.1) is 0 Å². The molecule has 0 N–H and O–H groups in total. The monoisotopic (exact) mass is 290 g/mol. The Kier molecular flexibility index (Phi) is 3.49. The van der Waals surface area contributed by atoms with E-state index in [0.29, 0.717) is 17.8 Å². The Morgan fingerprint density at radius 2 is 2.53 bits per heavy atom. The zero-order chi connectivity index (χ0) is 10.8. The minimum Gasteiger partial charge on any atom is -0.490 e. The predicted octanol–water partition coefficient (Wildman–Crippen LogP) is 2.58. The van der Waals surface area contributed by atoms with Gasteiger partial charge in [0.25, 0.3) is 0 Å². The topological polar surface area (TPSA) is 25.4 Å². The highest BCUT2D eigenvalue weighted by Crippen LogP contribution is 2.25. The van der Waals surface area contributed by atoms with Gasteiger partial charge in [-0.25, -0.2) is 4.98 Å². The summed E-state index contributed by atoms with van der Waals surface area (Å²) in [5.41, 5.74) is 0. The second-order valence-electron chi connectivity index (χ2n) is 3.68. The van der Waals surface area contributed by atoms with Crippen molar-refractivity contribution in [2.45, 2.75) is 12.5 Å². The SMILES string of the molecule is CN1CC[C@@H]1COc1cnc(Cl)c(Br)c1. The average Bonchev–Trinajstić information content (AvgIpc) is 2.21. The molecule has 0 bridgehead atoms. The molecule has 0 aliphatic carbocycles. The molecule has 1 fully saturated rings. The lowest BCUT2D eigenvalue weighted by atomic mass is 10.1. The molecule has 0 saturated carbocycles. The summed E-state index contributed by atoms with van der Waals surface area (Å²) in [5.74, 6) is 0.756. The molecule has 15 heavy (non-hydrogen) atoms. The van der Waals surface area contributed by atoms with Crippen LogP contribution in [-0.4, -0.2) is 36.1 Å². The van der Waals surface area contributed by atoms with Crippen molar-refractivity contribution in [3.8, 4) is 5.75 Å². The van der Waals surface area contributed by atoms with Crippen LogP contribution < -0.4 is 4.74 Å². The van der Waals surface area contributed by atoms with Crippen molar-refractivity contribution < 1.29 is 4.74 Å². The van der Waals surface area contributed by atoms with Gasteiger partial charge in [-0.3, -0.25) is 4.90 Å². The van der Waals surface area contributed by atoms with E-state index < -0.39 is 0 Å². The van der Waals surface area contributed by atoms with E-state index in [4.69, 9.17) is 16.3 Å². The van der Waals surface area contributed by atoms with Crippen molar-refractivity contribution in [1.82, 2.24) is 9.88 Å². The number of nitrogens with zero attached hydrogens (tertiary/aromatic N) is 2. The van der Waals surface area contributed by atoms with E-state index in [1.807, 2.05) is 6.07 Å². The maximum atomic E-state index is 5.78. The number of pyridine rings is 1. The fourth-order valence-electron chi connectivity index (χ4n) is 1.46. The molecule has 1 aromatic heterocycles. The van der Waals surface area contributed by atoms with Crippen molar-refractivity contribution in [1.29, 1.82) is 0 Å². The Bertz CT molecular complexity index is 361. The number of halogens is 2. The van der Waals surface area contributed by atoms with E-state index in [2.05, 4.69) is 32.9 Å². The molecule has 5 heteroatoms. The molecule has 82 valence electrons. The highest BCUT2D eigenvalue weighted by molar-refractivity contribution is 9.10. The first-order valence-electron chi connectivity index (χ1n) is 4.81. The Morgan fingerprint density at radius 3 is 3.07 bits per heavy atom. The van der Waals surface area contributed by atoms with Gasteiger partial charge in [0.2, 0.25) is 0 Å². The lowest BCUT2D eigenvalue weighted by molar-refractivity contribution is 0.0767. The molecule has 0 aromatic carbocycles. The molecule has 0 amide bonds. The summed E-state index contributed by atoms with van der Waals surface area (Å²) in [6.45, 7) is 1.88. The minimum atomic E-state index is 0.461. The van der Waals surface area contributed by atoms with Crippen LogP contribution >= 0.6 is 27.5 Å². The second kappa shape index (κ2) is 4.68. The molecule has 0 spiro atoms. The van der Waals surface area contributed by atoms with Gasteiger partial charge in [0.05, 0.1) is 10.7 Å². The molecule has 1 aliphatic heterocycles. The van der Waals surface area contributed by atoms with E-state index in [1.165, 1.54) is 6.42 Å². The summed E-state index contributed by atoms with van der Waals surface area (Å²) in [7, 11) is 2.10. The molecule has 1 aromatic rings. The highest BCUT2D eigenvalue weighted by Gasteiger charge is 2.24. The number of rotatable bonds is 3. The summed E-state index contributed by atoms with van der Waals surface area (Å²) < 4.78 is 6.39. The van der Waals surface area contributed by atoms with E-state index in [0.717, 1.165) is 16.8 Å². The standard InChI is InChI=1S/C10H12BrClN2O/c1-14-3-2-7(14)6-15-8-4-9(11)10(12)13-5-8/h4-5,7H,2-3,6H2,1H3/t7-/m1/s1. The van der Waals surface area contributed by atoms with Crippen LogP contribution in [0.2, 0.25) is 5.15 Å². The van der Waals surface area contributed by atoms with Gasteiger partial charge in [-0.05, 0) is 42.0 Å². The van der Waals surface area contributed by atoms with Gasteiger partial charge >= 0.3 is 0 Å². The number of likely N-dealkylation sites (tertiary alicyclic amines) is 1. The van der Waals surface area contributed by atoms with Crippen molar-refractivity contribution in [3.63, 3.8) is 0 Å². The average molecular weight is 292 g/mol. The predicted molar refractivity (Wildman–Crippen MR) is 63.5 cm³/mol. The molecule has 2 rings (SSSR count). The fourth-order valence-corrected chi connectivity index (χ4v) is 1.89. The van der Waals surface area contributed by atoms with Crippen molar-refractivity contribution in [2.24, 2.45) is 0 Å². The largest absolute Gasteiger partial charge is 0.490 e. The molecule has 1 aliphatic rings. The van der Waals surface area contributed by atoms with Crippen molar-refractivity contribution in [2.75, 3.05) is 20.2 Å². The third-order valence-corrected chi connectivity index (χ3v) is 3.79. The van der Waals surface area contributed by atoms with Gasteiger partial charge in [-0.15, -0.1) is 0 Å². The summed E-state index contributed by atoms with van der Waals surface area (Å²) >= 11 is 9.09. The summed E-state index contributed by atoms with van der Waals surface area (Å²) in [6.07, 6.45) is 2.85. The lowest BCUT2D eigenvalue weighted by Gasteiger charge is -2.37.